The van der Waals surface area contributed by atoms with Crippen molar-refractivity contribution in [2.75, 3.05) is 0 Å². The zero-order valence-electron chi connectivity index (χ0n) is 19.2. The van der Waals surface area contributed by atoms with Gasteiger partial charge in [0.25, 0.3) is 0 Å². The Labute approximate surface area is 236 Å². The van der Waals surface area contributed by atoms with E-state index >= 15 is 8.78 Å². The first kappa shape index (κ1) is 28.2. The molecule has 0 bridgehead atoms. The lowest BCUT2D eigenvalue weighted by molar-refractivity contribution is 0.208. The summed E-state index contributed by atoms with van der Waals surface area (Å²) < 4.78 is 51.0. The standard InChI is InChI=1S/C28H21BF3I2NO/c1-3-4-7-12-18(2)29(20-15-10-6-11-16-20)36-22(17-21(35)19-13-8-5-9-14-19)23-24(30)27(33)26(32)28(34)25(23)31/h1,4-16,22,35H,17H2,2H3/b7-4-,18-12+,35-21?. The maximum atomic E-state index is 15.4. The molecule has 0 saturated heterocycles. The van der Waals surface area contributed by atoms with Crippen molar-refractivity contribution in [3.8, 4) is 12.3 Å². The lowest BCUT2D eigenvalue weighted by Gasteiger charge is -2.26. The summed E-state index contributed by atoms with van der Waals surface area (Å²) in [4.78, 5) is 0. The SMILES string of the molecule is C#C/C=C\C=C(/C)B(OC(CC(=N)c1ccccc1)c1c(F)c(I)c(F)c(I)c1F)c1ccccc1. The Kier molecular flexibility index (Phi) is 10.4. The minimum absolute atomic E-state index is 0.132. The first-order chi connectivity index (χ1) is 17.3. The number of benzene rings is 3. The molecule has 3 rings (SSSR count). The first-order valence-electron chi connectivity index (χ1n) is 10.9. The first-order valence-corrected chi connectivity index (χ1v) is 13.1. The molecule has 0 aliphatic rings. The van der Waals surface area contributed by atoms with Crippen LogP contribution in [0.4, 0.5) is 13.2 Å². The van der Waals surface area contributed by atoms with E-state index < -0.39 is 36.0 Å². The zero-order chi connectivity index (χ0) is 26.2. The molecule has 0 aliphatic carbocycles. The van der Waals surface area contributed by atoms with Gasteiger partial charge in [-0.2, -0.15) is 0 Å². The number of terminal acetylenes is 1. The molecule has 2 nitrogen and oxygen atoms in total. The van der Waals surface area contributed by atoms with Gasteiger partial charge in [-0.05, 0) is 69.2 Å². The Morgan fingerprint density at radius 1 is 1.00 bits per heavy atom. The summed E-state index contributed by atoms with van der Waals surface area (Å²) >= 11 is 3.05. The highest BCUT2D eigenvalue weighted by molar-refractivity contribution is 14.1. The van der Waals surface area contributed by atoms with Crippen molar-refractivity contribution in [2.45, 2.75) is 19.4 Å². The molecule has 0 amide bonds. The number of allylic oxidation sites excluding steroid dienone is 4. The van der Waals surface area contributed by atoms with Crippen LogP contribution >= 0.6 is 45.2 Å². The van der Waals surface area contributed by atoms with E-state index in [9.17, 15) is 4.39 Å². The summed E-state index contributed by atoms with van der Waals surface area (Å²) in [6, 6.07) is 18.1. The van der Waals surface area contributed by atoms with Gasteiger partial charge in [-0.3, -0.25) is 0 Å². The molecule has 1 unspecified atom stereocenters. The summed E-state index contributed by atoms with van der Waals surface area (Å²) in [5, 5.41) is 8.64. The van der Waals surface area contributed by atoms with E-state index in [1.165, 1.54) is 51.3 Å². The van der Waals surface area contributed by atoms with Gasteiger partial charge in [0, 0.05) is 12.1 Å². The molecule has 0 heterocycles. The fourth-order valence-electron chi connectivity index (χ4n) is 3.65. The Morgan fingerprint density at radius 3 is 2.11 bits per heavy atom. The van der Waals surface area contributed by atoms with Gasteiger partial charge in [-0.1, -0.05) is 84.2 Å². The van der Waals surface area contributed by atoms with E-state index in [0.717, 1.165) is 10.9 Å². The molecule has 8 heteroatoms. The molecule has 3 aromatic rings. The van der Waals surface area contributed by atoms with Gasteiger partial charge in [0.2, 0.25) is 0 Å². The molecular formula is C28H21BF3I2NO. The van der Waals surface area contributed by atoms with Gasteiger partial charge in [-0.25, -0.2) is 13.2 Å². The number of nitrogens with one attached hydrogen (secondary N) is 1. The monoisotopic (exact) mass is 709 g/mol. The van der Waals surface area contributed by atoms with E-state index in [2.05, 4.69) is 5.92 Å². The molecule has 0 spiro atoms. The van der Waals surface area contributed by atoms with E-state index in [4.69, 9.17) is 16.5 Å². The lowest BCUT2D eigenvalue weighted by Crippen LogP contribution is -2.37. The molecule has 3 aromatic carbocycles. The highest BCUT2D eigenvalue weighted by Crippen LogP contribution is 2.35. The highest BCUT2D eigenvalue weighted by Gasteiger charge is 2.33. The van der Waals surface area contributed by atoms with Crippen LogP contribution in [0.5, 0.6) is 0 Å². The Bertz CT molecular complexity index is 1310. The second kappa shape index (κ2) is 13.3. The van der Waals surface area contributed by atoms with E-state index in [1.807, 2.05) is 43.3 Å². The van der Waals surface area contributed by atoms with Crippen molar-refractivity contribution in [3.05, 3.63) is 120 Å². The van der Waals surface area contributed by atoms with Crippen molar-refractivity contribution >= 4 is 63.3 Å². The summed E-state index contributed by atoms with van der Waals surface area (Å²) in [6.07, 6.45) is 8.93. The van der Waals surface area contributed by atoms with Crippen LogP contribution < -0.4 is 5.46 Å². The highest BCUT2D eigenvalue weighted by atomic mass is 127. The molecule has 36 heavy (non-hydrogen) atoms. The number of rotatable bonds is 9. The van der Waals surface area contributed by atoms with E-state index in [-0.39, 0.29) is 19.3 Å². The normalized spacial score (nSPS) is 12.4. The van der Waals surface area contributed by atoms with Crippen LogP contribution in [-0.2, 0) is 4.65 Å². The smallest absolute Gasteiger partial charge is 0.357 e. The number of halogens is 5. The molecule has 0 aromatic heterocycles. The van der Waals surface area contributed by atoms with Crippen molar-refractivity contribution in [1.82, 2.24) is 0 Å². The maximum absolute atomic E-state index is 15.4. The summed E-state index contributed by atoms with van der Waals surface area (Å²) in [6.45, 7) is 1.12. The molecule has 182 valence electrons. The zero-order valence-corrected chi connectivity index (χ0v) is 23.6. The molecule has 0 aliphatic heterocycles. The van der Waals surface area contributed by atoms with Crippen LogP contribution in [0.2, 0.25) is 0 Å². The van der Waals surface area contributed by atoms with Crippen LogP contribution in [0, 0.1) is 42.3 Å². The second-order valence-corrected chi connectivity index (χ2v) is 10.0. The van der Waals surface area contributed by atoms with Gasteiger partial charge in [0.05, 0.1) is 18.8 Å². The van der Waals surface area contributed by atoms with Gasteiger partial charge in [0.1, 0.15) is 11.6 Å². The Hall–Kier alpha value is -2.36. The third kappa shape index (κ3) is 6.69. The fraction of sp³-hybridized carbons (Fsp3) is 0.107. The summed E-state index contributed by atoms with van der Waals surface area (Å²) in [5.74, 6) is -0.602. The average molecular weight is 709 g/mol. The molecule has 0 saturated carbocycles. The molecule has 0 fully saturated rings. The topological polar surface area (TPSA) is 33.1 Å². The number of hydrogen-bond acceptors (Lipinski definition) is 2. The van der Waals surface area contributed by atoms with Crippen LogP contribution in [0.25, 0.3) is 0 Å². The molecule has 0 radical (unpaired) electrons. The van der Waals surface area contributed by atoms with Crippen molar-refractivity contribution in [3.63, 3.8) is 0 Å². The quantitative estimate of drug-likeness (QED) is 0.0470. The second-order valence-electron chi connectivity index (χ2n) is 7.88. The molecular weight excluding hydrogens is 688 g/mol. The van der Waals surface area contributed by atoms with Gasteiger partial charge in [-0.15, -0.1) is 6.42 Å². The lowest BCUT2D eigenvalue weighted by atomic mass is 9.54. The summed E-state index contributed by atoms with van der Waals surface area (Å²) in [5.41, 5.74) is 1.81. The van der Waals surface area contributed by atoms with Crippen LogP contribution in [0.3, 0.4) is 0 Å². The molecule has 1 N–H and O–H groups in total. The number of hydrogen-bond donors (Lipinski definition) is 1. The van der Waals surface area contributed by atoms with Crippen LogP contribution in [0.1, 0.15) is 30.6 Å². The predicted octanol–water partition coefficient (Wildman–Crippen LogP) is 7.40. The minimum atomic E-state index is -1.22. The minimum Gasteiger partial charge on any atom is -0.419 e. The third-order valence-electron chi connectivity index (χ3n) is 5.45. The van der Waals surface area contributed by atoms with Crippen molar-refractivity contribution in [2.24, 2.45) is 0 Å². The van der Waals surface area contributed by atoms with Gasteiger partial charge >= 0.3 is 6.92 Å². The molecule has 1 atom stereocenters. The van der Waals surface area contributed by atoms with Crippen molar-refractivity contribution in [1.29, 1.82) is 5.41 Å². The third-order valence-corrected chi connectivity index (χ3v) is 7.34. The van der Waals surface area contributed by atoms with Gasteiger partial charge in [0.15, 0.2) is 5.82 Å². The Morgan fingerprint density at radius 2 is 1.56 bits per heavy atom. The Balaban J connectivity index is 2.15. The summed E-state index contributed by atoms with van der Waals surface area (Å²) in [7, 11) is 0. The fourth-order valence-corrected chi connectivity index (χ4v) is 5.29. The largest absolute Gasteiger partial charge is 0.419 e. The average Bonchev–Trinajstić information content (AvgIpc) is 2.90. The maximum Gasteiger partial charge on any atom is 0.357 e. The predicted molar refractivity (Wildman–Crippen MR) is 157 cm³/mol. The van der Waals surface area contributed by atoms with E-state index in [0.29, 0.717) is 5.56 Å². The van der Waals surface area contributed by atoms with E-state index in [1.54, 1.807) is 36.4 Å². The van der Waals surface area contributed by atoms with Crippen molar-refractivity contribution < 1.29 is 17.8 Å². The van der Waals surface area contributed by atoms with Gasteiger partial charge < -0.3 is 10.1 Å². The van der Waals surface area contributed by atoms with Crippen LogP contribution in [0.15, 0.2) is 84.4 Å². The van der Waals surface area contributed by atoms with Crippen LogP contribution in [-0.4, -0.2) is 12.6 Å².